The Bertz CT molecular complexity index is 111. The third-order valence-electron chi connectivity index (χ3n) is 0.621. The molecule has 0 heterocycles. The van der Waals surface area contributed by atoms with Crippen molar-refractivity contribution in [2.24, 2.45) is 0 Å². The van der Waals surface area contributed by atoms with Gasteiger partial charge in [-0.2, -0.15) is 0 Å². The Hall–Kier alpha value is -0.172. The molecule has 0 radical (unpaired) electrons. The molecule has 0 rings (SSSR count). The summed E-state index contributed by atoms with van der Waals surface area (Å²) >= 11 is 0. The Morgan fingerprint density at radius 2 is 1.89 bits per heavy atom. The van der Waals surface area contributed by atoms with E-state index in [1.54, 1.807) is 0 Å². The van der Waals surface area contributed by atoms with E-state index in [9.17, 15) is 9.59 Å². The van der Waals surface area contributed by atoms with Crippen LogP contribution in [-0.4, -0.2) is 18.9 Å². The second kappa shape index (κ2) is 5.96. The Labute approximate surface area is 68.0 Å². The maximum absolute atomic E-state index is 10.2. The van der Waals surface area contributed by atoms with Crippen molar-refractivity contribution in [3.8, 4) is 0 Å². The van der Waals surface area contributed by atoms with Gasteiger partial charge in [0.1, 0.15) is 12.2 Å². The van der Waals surface area contributed by atoms with Gasteiger partial charge in [-0.05, 0) is 6.92 Å². The van der Waals surface area contributed by atoms with E-state index in [0.717, 1.165) is 0 Å². The van der Waals surface area contributed by atoms with E-state index in [4.69, 9.17) is 0 Å². The second-order valence-corrected chi connectivity index (χ2v) is 1.45. The fourth-order valence-corrected chi connectivity index (χ4v) is 0.275. The number of ether oxygens (including phenoxy) is 1. The van der Waals surface area contributed by atoms with Crippen LogP contribution in [-0.2, 0) is 35.4 Å². The van der Waals surface area contributed by atoms with Gasteiger partial charge in [-0.1, -0.05) is 0 Å². The smallest absolute Gasteiger partial charge is 0.313 e. The topological polar surface area (TPSA) is 43.4 Å². The van der Waals surface area contributed by atoms with E-state index in [1.807, 2.05) is 0 Å². The van der Waals surface area contributed by atoms with Crippen LogP contribution < -0.4 is 0 Å². The molecule has 3 nitrogen and oxygen atoms in total. The first-order valence-corrected chi connectivity index (χ1v) is 2.23. The normalized spacial score (nSPS) is 7.33. The zero-order valence-electron chi connectivity index (χ0n) is 5.25. The van der Waals surface area contributed by atoms with Crippen molar-refractivity contribution in [2.45, 2.75) is 13.3 Å². The molecular formula is C5H8O3Pt. The number of hydrogen-bond acceptors (Lipinski definition) is 3. The molecule has 0 aliphatic rings. The van der Waals surface area contributed by atoms with Crippen LogP contribution in [0.1, 0.15) is 13.3 Å². The summed E-state index contributed by atoms with van der Waals surface area (Å²) in [4.78, 5) is 20.3. The average Bonchev–Trinajstić information content (AvgIpc) is 1.65. The summed E-state index contributed by atoms with van der Waals surface area (Å²) in [5.74, 6) is -0.644. The number of rotatable bonds is 2. The number of esters is 1. The molecule has 0 amide bonds. The van der Waals surface area contributed by atoms with Crippen LogP contribution in [0, 0.1) is 0 Å². The first-order chi connectivity index (χ1) is 3.66. The molecule has 0 atom stereocenters. The number of methoxy groups -OCH3 is 1. The van der Waals surface area contributed by atoms with Crippen LogP contribution in [0.4, 0.5) is 0 Å². The molecule has 4 heteroatoms. The second-order valence-electron chi connectivity index (χ2n) is 1.45. The largest absolute Gasteiger partial charge is 0.469 e. The van der Waals surface area contributed by atoms with E-state index in [-0.39, 0.29) is 33.3 Å². The van der Waals surface area contributed by atoms with Gasteiger partial charge in [-0.3, -0.25) is 9.59 Å². The zero-order valence-corrected chi connectivity index (χ0v) is 7.52. The molecule has 0 aromatic heterocycles. The molecular weight excluding hydrogens is 303 g/mol. The minimum absolute atomic E-state index is 0. The van der Waals surface area contributed by atoms with E-state index >= 15 is 0 Å². The summed E-state index contributed by atoms with van der Waals surface area (Å²) in [6, 6.07) is 0. The number of Topliss-reactive ketones (excluding diaryl/α,β-unsaturated/α-hetero) is 1. The molecule has 0 aromatic rings. The van der Waals surface area contributed by atoms with Crippen LogP contribution in [0.25, 0.3) is 0 Å². The number of ketones is 1. The minimum Gasteiger partial charge on any atom is -0.469 e. The van der Waals surface area contributed by atoms with Gasteiger partial charge in [0.2, 0.25) is 0 Å². The first kappa shape index (κ1) is 11.6. The molecule has 0 aromatic carbocycles. The van der Waals surface area contributed by atoms with Crippen molar-refractivity contribution in [3.05, 3.63) is 0 Å². The Balaban J connectivity index is 0. The maximum Gasteiger partial charge on any atom is 0.313 e. The van der Waals surface area contributed by atoms with Gasteiger partial charge in [0.15, 0.2) is 0 Å². The molecule has 0 spiro atoms. The predicted octanol–water partition coefficient (Wildman–Crippen LogP) is 0.136. The van der Waals surface area contributed by atoms with E-state index in [0.29, 0.717) is 0 Å². The Morgan fingerprint density at radius 3 is 2.00 bits per heavy atom. The van der Waals surface area contributed by atoms with Crippen molar-refractivity contribution in [2.75, 3.05) is 7.11 Å². The van der Waals surface area contributed by atoms with Crippen molar-refractivity contribution in [1.29, 1.82) is 0 Å². The van der Waals surface area contributed by atoms with E-state index < -0.39 is 5.97 Å². The maximum atomic E-state index is 10.2. The minimum atomic E-state index is -0.475. The summed E-state index contributed by atoms with van der Waals surface area (Å²) in [5, 5.41) is 0. The van der Waals surface area contributed by atoms with Gasteiger partial charge < -0.3 is 4.74 Å². The van der Waals surface area contributed by atoms with Gasteiger partial charge in [0, 0.05) is 21.1 Å². The van der Waals surface area contributed by atoms with Crippen LogP contribution in [0.15, 0.2) is 0 Å². The fraction of sp³-hybridized carbons (Fsp3) is 0.600. The standard InChI is InChI=1S/C5H8O3.Pt/c1-4(6)3-5(7)8-2;/h3H2,1-2H3;. The van der Waals surface area contributed by atoms with Gasteiger partial charge in [-0.15, -0.1) is 0 Å². The molecule has 0 fully saturated rings. The fourth-order valence-electron chi connectivity index (χ4n) is 0.275. The van der Waals surface area contributed by atoms with Gasteiger partial charge in [0.25, 0.3) is 0 Å². The summed E-state index contributed by atoms with van der Waals surface area (Å²) in [6.45, 7) is 1.34. The molecule has 0 saturated heterocycles. The van der Waals surface area contributed by atoms with Crippen molar-refractivity contribution < 1.29 is 35.4 Å². The number of hydrogen-bond donors (Lipinski definition) is 0. The molecule has 9 heavy (non-hydrogen) atoms. The quantitative estimate of drug-likeness (QED) is 0.538. The van der Waals surface area contributed by atoms with Crippen LogP contribution in [0.5, 0.6) is 0 Å². The summed E-state index contributed by atoms with van der Waals surface area (Å²) in [5.41, 5.74) is 0. The van der Waals surface area contributed by atoms with Crippen molar-refractivity contribution >= 4 is 11.8 Å². The number of carbonyl (C=O) groups excluding carboxylic acids is 2. The summed E-state index contributed by atoms with van der Waals surface area (Å²) < 4.78 is 4.20. The molecule has 56 valence electrons. The monoisotopic (exact) mass is 311 g/mol. The Kier molecular flexibility index (Phi) is 7.68. The van der Waals surface area contributed by atoms with Crippen LogP contribution >= 0.6 is 0 Å². The van der Waals surface area contributed by atoms with E-state index in [2.05, 4.69) is 4.74 Å². The van der Waals surface area contributed by atoms with Gasteiger partial charge in [-0.25, -0.2) is 0 Å². The van der Waals surface area contributed by atoms with Crippen molar-refractivity contribution in [1.82, 2.24) is 0 Å². The van der Waals surface area contributed by atoms with Gasteiger partial charge >= 0.3 is 5.97 Å². The molecule has 0 unspecified atom stereocenters. The third-order valence-corrected chi connectivity index (χ3v) is 0.621. The van der Waals surface area contributed by atoms with E-state index in [1.165, 1.54) is 14.0 Å². The summed E-state index contributed by atoms with van der Waals surface area (Å²) in [7, 11) is 1.26. The molecule has 0 N–H and O–H groups in total. The Morgan fingerprint density at radius 1 is 1.44 bits per heavy atom. The molecule has 0 bridgehead atoms. The zero-order chi connectivity index (χ0) is 6.57. The molecule has 0 aliphatic carbocycles. The van der Waals surface area contributed by atoms with Crippen LogP contribution in [0.2, 0.25) is 0 Å². The third kappa shape index (κ3) is 7.83. The predicted molar refractivity (Wildman–Crippen MR) is 27.3 cm³/mol. The number of carbonyl (C=O) groups is 2. The summed E-state index contributed by atoms with van der Waals surface area (Å²) in [6.07, 6.45) is -0.115. The molecule has 0 saturated carbocycles. The SMILES string of the molecule is COC(=O)CC(C)=O.[Pt]. The molecule has 0 aliphatic heterocycles. The van der Waals surface area contributed by atoms with Crippen LogP contribution in [0.3, 0.4) is 0 Å². The van der Waals surface area contributed by atoms with Crippen molar-refractivity contribution in [3.63, 3.8) is 0 Å². The van der Waals surface area contributed by atoms with Gasteiger partial charge in [0.05, 0.1) is 7.11 Å². The average molecular weight is 311 g/mol. The first-order valence-electron chi connectivity index (χ1n) is 2.23.